The number of hydrogen-bond donors (Lipinski definition) is 9. The summed E-state index contributed by atoms with van der Waals surface area (Å²) in [5.41, 5.74) is 0. The van der Waals surface area contributed by atoms with Crippen LogP contribution < -0.4 is 0 Å². The number of rotatable bonds is 5. The molecule has 0 aliphatic carbocycles. The molecule has 14 heteroatoms. The van der Waals surface area contributed by atoms with Crippen molar-refractivity contribution in [2.75, 3.05) is 13.2 Å². The summed E-state index contributed by atoms with van der Waals surface area (Å²) < 4.78 is 26.5. The van der Waals surface area contributed by atoms with Crippen molar-refractivity contribution in [1.82, 2.24) is 0 Å². The van der Waals surface area contributed by atoms with E-state index in [1.807, 2.05) is 0 Å². The minimum Gasteiger partial charge on any atom is -0.394 e. The molecular formula is C17H30O14. The summed E-state index contributed by atoms with van der Waals surface area (Å²) in [5, 5.41) is 89.4. The van der Waals surface area contributed by atoms with Gasteiger partial charge in [0.2, 0.25) is 0 Å². The fourth-order valence-corrected chi connectivity index (χ4v) is 3.75. The largest absolute Gasteiger partial charge is 0.394 e. The Morgan fingerprint density at radius 1 is 0.710 bits per heavy atom. The van der Waals surface area contributed by atoms with E-state index in [-0.39, 0.29) is 6.61 Å². The van der Waals surface area contributed by atoms with Gasteiger partial charge in [0.05, 0.1) is 19.3 Å². The average Bonchev–Trinajstić information content (AvgIpc) is 2.74. The topological polar surface area (TPSA) is 228 Å². The van der Waals surface area contributed by atoms with Gasteiger partial charge in [-0.25, -0.2) is 0 Å². The number of hydrogen-bond acceptors (Lipinski definition) is 14. The highest BCUT2D eigenvalue weighted by atomic mass is 16.7. The van der Waals surface area contributed by atoms with Crippen molar-refractivity contribution >= 4 is 0 Å². The van der Waals surface area contributed by atoms with E-state index in [0.29, 0.717) is 0 Å². The number of aliphatic hydroxyl groups is 9. The van der Waals surface area contributed by atoms with Gasteiger partial charge in [-0.1, -0.05) is 0 Å². The molecular weight excluding hydrogens is 428 g/mol. The van der Waals surface area contributed by atoms with Gasteiger partial charge >= 0.3 is 0 Å². The lowest BCUT2D eigenvalue weighted by Crippen LogP contribution is -2.65. The lowest BCUT2D eigenvalue weighted by molar-refractivity contribution is -0.370. The van der Waals surface area contributed by atoms with Crippen LogP contribution in [0, 0.1) is 0 Å². The van der Waals surface area contributed by atoms with Gasteiger partial charge < -0.3 is 69.6 Å². The molecule has 0 bridgehead atoms. The monoisotopic (exact) mass is 458 g/mol. The van der Waals surface area contributed by atoms with Crippen LogP contribution in [0.5, 0.6) is 0 Å². The van der Waals surface area contributed by atoms with Crippen LogP contribution in [-0.4, -0.2) is 145 Å². The normalized spacial score (nSPS) is 54.0. The maximum absolute atomic E-state index is 10.5. The van der Waals surface area contributed by atoms with Crippen molar-refractivity contribution < 1.29 is 69.6 Å². The maximum atomic E-state index is 10.5. The lowest BCUT2D eigenvalue weighted by Gasteiger charge is -2.47. The van der Waals surface area contributed by atoms with Crippen molar-refractivity contribution in [2.24, 2.45) is 0 Å². The smallest absolute Gasteiger partial charge is 0.187 e. The summed E-state index contributed by atoms with van der Waals surface area (Å²) in [6.07, 6.45) is -21.1. The Bertz CT molecular complexity index is 579. The van der Waals surface area contributed by atoms with Crippen molar-refractivity contribution in [1.29, 1.82) is 0 Å². The fourth-order valence-electron chi connectivity index (χ4n) is 3.75. The molecule has 3 aliphatic rings. The summed E-state index contributed by atoms with van der Waals surface area (Å²) in [4.78, 5) is 0. The Labute approximate surface area is 176 Å². The Hall–Kier alpha value is -0.560. The van der Waals surface area contributed by atoms with Crippen LogP contribution in [0.25, 0.3) is 0 Å². The van der Waals surface area contributed by atoms with E-state index in [1.54, 1.807) is 0 Å². The molecule has 0 aromatic heterocycles. The van der Waals surface area contributed by atoms with Crippen LogP contribution in [0.1, 0.15) is 6.92 Å². The zero-order valence-electron chi connectivity index (χ0n) is 16.6. The number of aliphatic hydroxyl groups excluding tert-OH is 9. The highest BCUT2D eigenvalue weighted by Gasteiger charge is 2.51. The predicted octanol–water partition coefficient (Wildman–Crippen LogP) is -5.91. The zero-order chi connectivity index (χ0) is 23.0. The Morgan fingerprint density at radius 3 is 1.94 bits per heavy atom. The van der Waals surface area contributed by atoms with E-state index in [4.69, 9.17) is 23.7 Å². The van der Waals surface area contributed by atoms with Crippen molar-refractivity contribution in [3.8, 4) is 0 Å². The zero-order valence-corrected chi connectivity index (χ0v) is 16.6. The van der Waals surface area contributed by atoms with E-state index in [9.17, 15) is 46.0 Å². The van der Waals surface area contributed by atoms with Gasteiger partial charge in [-0.15, -0.1) is 0 Å². The third kappa shape index (κ3) is 5.02. The van der Waals surface area contributed by atoms with Crippen LogP contribution in [0.2, 0.25) is 0 Å². The van der Waals surface area contributed by atoms with Crippen LogP contribution in [0.15, 0.2) is 0 Å². The van der Waals surface area contributed by atoms with Gasteiger partial charge in [-0.05, 0) is 6.92 Å². The molecule has 0 saturated carbocycles. The van der Waals surface area contributed by atoms with E-state index in [0.717, 1.165) is 0 Å². The number of ether oxygens (including phenoxy) is 5. The second-order valence-corrected chi connectivity index (χ2v) is 7.87. The van der Waals surface area contributed by atoms with Crippen LogP contribution in [0.3, 0.4) is 0 Å². The minimum atomic E-state index is -1.77. The molecule has 3 rings (SSSR count). The molecule has 182 valence electrons. The van der Waals surface area contributed by atoms with Crippen molar-refractivity contribution in [3.63, 3.8) is 0 Å². The summed E-state index contributed by atoms with van der Waals surface area (Å²) in [6.45, 7) is 0.352. The molecule has 0 amide bonds. The maximum Gasteiger partial charge on any atom is 0.187 e. The summed E-state index contributed by atoms with van der Waals surface area (Å²) in [7, 11) is 0. The molecule has 0 radical (unpaired) electrons. The molecule has 14 nitrogen and oxygen atoms in total. The first-order valence-electron chi connectivity index (χ1n) is 9.85. The van der Waals surface area contributed by atoms with Crippen LogP contribution in [0.4, 0.5) is 0 Å². The summed E-state index contributed by atoms with van der Waals surface area (Å²) >= 11 is 0. The second-order valence-electron chi connectivity index (χ2n) is 7.87. The van der Waals surface area contributed by atoms with Gasteiger partial charge in [-0.2, -0.15) is 0 Å². The predicted molar refractivity (Wildman–Crippen MR) is 93.8 cm³/mol. The Kier molecular flexibility index (Phi) is 8.21. The first-order chi connectivity index (χ1) is 14.6. The molecule has 3 aliphatic heterocycles. The third-order valence-corrected chi connectivity index (χ3v) is 5.65. The molecule has 0 aromatic carbocycles. The van der Waals surface area contributed by atoms with Crippen molar-refractivity contribution in [3.05, 3.63) is 0 Å². The molecule has 0 aromatic rings. The molecule has 3 heterocycles. The summed E-state index contributed by atoms with van der Waals surface area (Å²) in [5.74, 6) is 0. The molecule has 3 saturated heterocycles. The van der Waals surface area contributed by atoms with E-state index >= 15 is 0 Å². The quantitative estimate of drug-likeness (QED) is 0.187. The first-order valence-corrected chi connectivity index (χ1v) is 9.85. The molecule has 3 fully saturated rings. The van der Waals surface area contributed by atoms with Crippen molar-refractivity contribution in [2.45, 2.75) is 92.9 Å². The standard InChI is InChI=1S/C17H30O14/c1-4-13(8(21)10(23)15(26)28-4)30-17-12(25)9(22)14(6(2-18)29-17)31-16-11(24)7(20)5(19)3-27-16/h4-26H,2-3H2,1H3/t4-,5-,6-,7-,8-,9-,10+,11-,12-,13-,14-,15-,16-,17+/m0/s1. The van der Waals surface area contributed by atoms with Crippen LogP contribution in [-0.2, 0) is 23.7 Å². The average molecular weight is 458 g/mol. The highest BCUT2D eigenvalue weighted by molar-refractivity contribution is 4.94. The molecule has 0 unspecified atom stereocenters. The van der Waals surface area contributed by atoms with Gasteiger partial charge in [0.15, 0.2) is 18.9 Å². The minimum absolute atomic E-state index is 0.365. The highest BCUT2D eigenvalue weighted by Crippen LogP contribution is 2.31. The van der Waals surface area contributed by atoms with Gasteiger partial charge in [0.1, 0.15) is 61.0 Å². The van der Waals surface area contributed by atoms with E-state index in [2.05, 4.69) is 0 Å². The molecule has 0 spiro atoms. The lowest BCUT2D eigenvalue weighted by atomic mass is 9.97. The molecule has 31 heavy (non-hydrogen) atoms. The van der Waals surface area contributed by atoms with E-state index in [1.165, 1.54) is 6.92 Å². The molecule has 9 N–H and O–H groups in total. The van der Waals surface area contributed by atoms with Gasteiger partial charge in [0, 0.05) is 0 Å². The molecule has 14 atom stereocenters. The fraction of sp³-hybridized carbons (Fsp3) is 1.00. The second kappa shape index (κ2) is 10.1. The Morgan fingerprint density at radius 2 is 1.29 bits per heavy atom. The third-order valence-electron chi connectivity index (χ3n) is 5.65. The van der Waals surface area contributed by atoms with Crippen LogP contribution >= 0.6 is 0 Å². The first kappa shape index (κ1) is 25.1. The Balaban J connectivity index is 1.68. The summed E-state index contributed by atoms with van der Waals surface area (Å²) in [6, 6.07) is 0. The van der Waals surface area contributed by atoms with Gasteiger partial charge in [0.25, 0.3) is 0 Å². The van der Waals surface area contributed by atoms with Gasteiger partial charge in [-0.3, -0.25) is 0 Å². The van der Waals surface area contributed by atoms with E-state index < -0.39 is 92.6 Å². The SMILES string of the molecule is C[C@@H]1O[C@H](O)[C@H](O)[C@H](O)[C@H]1O[C@H]1O[C@@H](CO)[C@H](O[C@@H]2OC[C@H](O)[C@H](O)[C@@H]2O)[C@@H](O)[C@@H]1O.